The molecule has 2 aliphatic rings. The van der Waals surface area contributed by atoms with Crippen LogP contribution >= 0.6 is 28.7 Å². The lowest BCUT2D eigenvalue weighted by molar-refractivity contribution is -0.137. The maximum Gasteiger partial charge on any atom is 0.315 e. The zero-order chi connectivity index (χ0) is 14.3. The van der Waals surface area contributed by atoms with Gasteiger partial charge in [0.25, 0.3) is 0 Å². The molecule has 2 rings (SSSR count). The van der Waals surface area contributed by atoms with E-state index in [1.807, 2.05) is 18.7 Å². The lowest BCUT2D eigenvalue weighted by Crippen LogP contribution is -2.36. The van der Waals surface area contributed by atoms with Crippen molar-refractivity contribution in [1.29, 1.82) is 0 Å². The second kappa shape index (κ2) is 10.3. The molecule has 0 radical (unpaired) electrons. The summed E-state index contributed by atoms with van der Waals surface area (Å²) in [6.45, 7) is 2.65. The first-order valence-corrected chi connectivity index (χ1v) is 7.73. The summed E-state index contributed by atoms with van der Waals surface area (Å²) in [5, 5.41) is 14.8. The number of carbonyl (C=O) groups is 2. The topological polar surface area (TPSA) is 104 Å². The Labute approximate surface area is 134 Å². The van der Waals surface area contributed by atoms with E-state index in [1.54, 1.807) is 0 Å². The van der Waals surface area contributed by atoms with Gasteiger partial charge >= 0.3 is 12.0 Å². The Balaban J connectivity index is 0.000000830. The Hall–Kier alpha value is -0.470. The zero-order valence-corrected chi connectivity index (χ0v) is 14.2. The molecule has 0 aliphatic carbocycles. The van der Waals surface area contributed by atoms with Gasteiger partial charge in [-0.2, -0.15) is 11.8 Å². The van der Waals surface area contributed by atoms with E-state index in [2.05, 4.69) is 10.6 Å². The molecule has 0 unspecified atom stereocenters. The predicted molar refractivity (Wildman–Crippen MR) is 86.6 cm³/mol. The lowest BCUT2D eigenvalue weighted by atomic mass is 10.0. The van der Waals surface area contributed by atoms with Gasteiger partial charge in [-0.05, 0) is 19.4 Å². The molecule has 0 saturated carbocycles. The molecular formula is C12H24BrN3O3S. The summed E-state index contributed by atoms with van der Waals surface area (Å²) >= 11 is 1.87. The zero-order valence-electron chi connectivity index (χ0n) is 11.6. The first-order chi connectivity index (χ1) is 9.08. The Bertz CT molecular complexity index is 320. The maximum atomic E-state index is 11.1. The largest absolute Gasteiger partial charge is 0.481 e. The highest BCUT2D eigenvalue weighted by Gasteiger charge is 2.42. The number of carbonyl (C=O) groups excluding carboxylic acids is 1. The number of halogens is 1. The number of carboxylic acids is 1. The number of carboxylic acid groups (broad SMARTS) is 1. The third-order valence-corrected chi connectivity index (χ3v) is 4.58. The summed E-state index contributed by atoms with van der Waals surface area (Å²) in [5.41, 5.74) is 4.85. The number of hydrogen-bond acceptors (Lipinski definition) is 4. The Kier molecular flexibility index (Phi) is 10.0. The van der Waals surface area contributed by atoms with Crippen LogP contribution in [-0.2, 0) is 4.79 Å². The minimum atomic E-state index is -0.729. The summed E-state index contributed by atoms with van der Waals surface area (Å²) in [7, 11) is 0. The average molecular weight is 370 g/mol. The van der Waals surface area contributed by atoms with Crippen LogP contribution in [0.1, 0.15) is 32.6 Å². The maximum absolute atomic E-state index is 11.1. The Morgan fingerprint density at radius 2 is 2.10 bits per heavy atom. The number of fused-ring (bicyclic) bond motifs is 1. The molecule has 0 aromatic carbocycles. The summed E-state index contributed by atoms with van der Waals surface area (Å²) < 4.78 is 0. The first kappa shape index (κ1) is 19.5. The number of nitrogens with one attached hydrogen (secondary N) is 2. The molecule has 6 nitrogen and oxygen atoms in total. The van der Waals surface area contributed by atoms with Gasteiger partial charge < -0.3 is 21.5 Å². The molecular weight excluding hydrogens is 346 g/mol. The molecule has 2 amide bonds. The van der Waals surface area contributed by atoms with Gasteiger partial charge in [-0.3, -0.25) is 4.79 Å². The fourth-order valence-electron chi connectivity index (χ4n) is 2.26. The monoisotopic (exact) mass is 369 g/mol. The van der Waals surface area contributed by atoms with Gasteiger partial charge in [-0.1, -0.05) is 13.3 Å². The molecule has 8 heteroatoms. The number of hydrogen-bond donors (Lipinski definition) is 4. The van der Waals surface area contributed by atoms with E-state index < -0.39 is 5.97 Å². The third kappa shape index (κ3) is 6.32. The highest BCUT2D eigenvalue weighted by molar-refractivity contribution is 8.93. The fourth-order valence-corrected chi connectivity index (χ4v) is 3.81. The second-order valence-corrected chi connectivity index (χ2v) is 5.94. The van der Waals surface area contributed by atoms with Crippen LogP contribution in [0.2, 0.25) is 0 Å². The van der Waals surface area contributed by atoms with E-state index in [9.17, 15) is 9.59 Å². The Morgan fingerprint density at radius 1 is 1.45 bits per heavy atom. The van der Waals surface area contributed by atoms with Gasteiger partial charge in [0, 0.05) is 17.4 Å². The third-order valence-electron chi connectivity index (χ3n) is 3.07. The van der Waals surface area contributed by atoms with Crippen LogP contribution in [0.4, 0.5) is 4.79 Å². The smallest absolute Gasteiger partial charge is 0.315 e. The molecule has 3 atom stereocenters. The summed E-state index contributed by atoms with van der Waals surface area (Å²) in [4.78, 5) is 21.5. The molecule has 2 aliphatic heterocycles. The van der Waals surface area contributed by atoms with Gasteiger partial charge in [-0.15, -0.1) is 17.0 Å². The first-order valence-electron chi connectivity index (χ1n) is 6.69. The average Bonchev–Trinajstić information content (AvgIpc) is 2.85. The van der Waals surface area contributed by atoms with E-state index in [0.29, 0.717) is 5.25 Å². The van der Waals surface area contributed by atoms with Gasteiger partial charge in [-0.25, -0.2) is 4.79 Å². The molecule has 2 fully saturated rings. The second-order valence-electron chi connectivity index (χ2n) is 4.67. The van der Waals surface area contributed by atoms with Gasteiger partial charge in [0.2, 0.25) is 0 Å². The lowest BCUT2D eigenvalue weighted by Gasteiger charge is -2.16. The highest BCUT2D eigenvalue weighted by atomic mass is 79.9. The van der Waals surface area contributed by atoms with Crippen LogP contribution < -0.4 is 16.4 Å². The van der Waals surface area contributed by atoms with Gasteiger partial charge in [0.05, 0.1) is 12.1 Å². The quantitative estimate of drug-likeness (QED) is 0.432. The highest BCUT2D eigenvalue weighted by Crippen LogP contribution is 2.33. The number of aliphatic carboxylic acids is 1. The Morgan fingerprint density at radius 3 is 2.70 bits per heavy atom. The number of thioether (sulfide) groups is 1. The molecule has 2 saturated heterocycles. The van der Waals surface area contributed by atoms with Gasteiger partial charge in [0.15, 0.2) is 0 Å². The van der Waals surface area contributed by atoms with Crippen molar-refractivity contribution in [1.82, 2.24) is 10.6 Å². The summed E-state index contributed by atoms with van der Waals surface area (Å²) in [5.74, 6) is 0.236. The summed E-state index contributed by atoms with van der Waals surface area (Å²) in [6, 6.07) is 0.440. The SMILES string of the molecule is Br.CCN.O=C(O)CCCC[C@@H]1SC[C@@H]2NC(=O)N[C@@H]21. The molecule has 5 N–H and O–H groups in total. The van der Waals surface area contributed by atoms with Crippen LogP contribution in [0.25, 0.3) is 0 Å². The van der Waals surface area contributed by atoms with Crippen molar-refractivity contribution in [2.24, 2.45) is 5.73 Å². The van der Waals surface area contributed by atoms with Crippen LogP contribution in [0.5, 0.6) is 0 Å². The molecule has 20 heavy (non-hydrogen) atoms. The van der Waals surface area contributed by atoms with E-state index in [0.717, 1.165) is 31.6 Å². The molecule has 2 heterocycles. The predicted octanol–water partition coefficient (Wildman–Crippen LogP) is 1.34. The van der Waals surface area contributed by atoms with Crippen LogP contribution in [-0.4, -0.2) is 46.7 Å². The van der Waals surface area contributed by atoms with Crippen molar-refractivity contribution in [2.45, 2.75) is 49.9 Å². The van der Waals surface area contributed by atoms with Crippen molar-refractivity contribution in [3.8, 4) is 0 Å². The van der Waals surface area contributed by atoms with Gasteiger partial charge in [0.1, 0.15) is 0 Å². The number of nitrogens with two attached hydrogens (primary N) is 1. The normalized spacial score (nSPS) is 26.5. The fraction of sp³-hybridized carbons (Fsp3) is 0.833. The summed E-state index contributed by atoms with van der Waals surface area (Å²) in [6.07, 6.45) is 2.88. The van der Waals surface area contributed by atoms with Crippen molar-refractivity contribution in [3.63, 3.8) is 0 Å². The van der Waals surface area contributed by atoms with Crippen molar-refractivity contribution in [2.75, 3.05) is 12.3 Å². The van der Waals surface area contributed by atoms with E-state index in [-0.39, 0.29) is 41.5 Å². The number of unbranched alkanes of at least 4 members (excludes halogenated alkanes) is 1. The van der Waals surface area contributed by atoms with Crippen LogP contribution in [0.15, 0.2) is 0 Å². The molecule has 0 bridgehead atoms. The number of amides is 2. The van der Waals surface area contributed by atoms with E-state index in [1.165, 1.54) is 0 Å². The minimum absolute atomic E-state index is 0. The molecule has 118 valence electrons. The van der Waals surface area contributed by atoms with Crippen molar-refractivity contribution in [3.05, 3.63) is 0 Å². The number of urea groups is 1. The number of rotatable bonds is 5. The van der Waals surface area contributed by atoms with Crippen LogP contribution in [0, 0.1) is 0 Å². The van der Waals surface area contributed by atoms with E-state index >= 15 is 0 Å². The standard InChI is InChI=1S/C10H16N2O3S.C2H7N.BrH/c13-8(14)4-2-1-3-7-9-6(5-16-7)11-10(15)12-9;1-2-3;/h6-7,9H,1-5H2,(H,13,14)(H2,11,12,15);2-3H2,1H3;1H/t6-,7-,9-;;/m0../s1. The molecule has 0 spiro atoms. The van der Waals surface area contributed by atoms with Crippen molar-refractivity contribution < 1.29 is 14.7 Å². The molecule has 0 aromatic heterocycles. The minimum Gasteiger partial charge on any atom is -0.481 e. The van der Waals surface area contributed by atoms with E-state index in [4.69, 9.17) is 10.8 Å². The molecule has 0 aromatic rings. The van der Waals surface area contributed by atoms with Crippen LogP contribution in [0.3, 0.4) is 0 Å². The van der Waals surface area contributed by atoms with Crippen molar-refractivity contribution >= 4 is 40.7 Å².